The molecule has 9 nitrogen and oxygen atoms in total. The van der Waals surface area contributed by atoms with Gasteiger partial charge in [-0.25, -0.2) is 13.4 Å². The van der Waals surface area contributed by atoms with Crippen LogP contribution in [0.4, 0.5) is 5.69 Å². The van der Waals surface area contributed by atoms with Gasteiger partial charge in [0.05, 0.1) is 25.5 Å². The minimum atomic E-state index is -4.12. The van der Waals surface area contributed by atoms with Gasteiger partial charge >= 0.3 is 0 Å². The number of rotatable bonds is 10. The Hall–Kier alpha value is -3.05. The number of nitrogens with one attached hydrogen (secondary N) is 2. The molecule has 1 aliphatic rings. The lowest BCUT2D eigenvalue weighted by Gasteiger charge is -2.16. The molecule has 1 aliphatic heterocycles. The van der Waals surface area contributed by atoms with Gasteiger partial charge in [-0.1, -0.05) is 46.9 Å². The molecule has 0 spiro atoms. The number of aromatic nitrogens is 1. The Labute approximate surface area is 235 Å². The number of pyridine rings is 1. The van der Waals surface area contributed by atoms with Gasteiger partial charge < -0.3 is 15.0 Å². The largest absolute Gasteiger partial charge is 0.436 e. The van der Waals surface area contributed by atoms with Crippen LogP contribution in [0.1, 0.15) is 29.6 Å². The van der Waals surface area contributed by atoms with Crippen molar-refractivity contribution in [3.63, 3.8) is 0 Å². The van der Waals surface area contributed by atoms with Gasteiger partial charge in [0, 0.05) is 32.3 Å². The van der Waals surface area contributed by atoms with E-state index in [0.29, 0.717) is 25.9 Å². The second-order valence-electron chi connectivity index (χ2n) is 8.38. The number of sulfonamides is 1. The third-order valence-electron chi connectivity index (χ3n) is 5.66. The van der Waals surface area contributed by atoms with Gasteiger partial charge in [-0.3, -0.25) is 14.3 Å². The number of para-hydroxylation sites is 1. The van der Waals surface area contributed by atoms with E-state index in [4.69, 9.17) is 39.5 Å². The monoisotopic (exact) mass is 596 g/mol. The van der Waals surface area contributed by atoms with E-state index < -0.39 is 10.0 Å². The van der Waals surface area contributed by atoms with E-state index in [1.54, 1.807) is 29.2 Å². The van der Waals surface area contributed by atoms with Gasteiger partial charge in [0.25, 0.3) is 15.9 Å². The maximum Gasteiger partial charge on any atom is 0.262 e. The highest BCUT2D eigenvalue weighted by Crippen LogP contribution is 2.33. The number of halogens is 3. The van der Waals surface area contributed by atoms with E-state index in [1.165, 1.54) is 30.5 Å². The number of carbonyl (C=O) groups excluding carboxylic acids is 2. The van der Waals surface area contributed by atoms with Crippen molar-refractivity contribution < 1.29 is 22.7 Å². The molecule has 1 aromatic heterocycles. The van der Waals surface area contributed by atoms with Crippen molar-refractivity contribution >= 4 is 62.3 Å². The zero-order valence-electron chi connectivity index (χ0n) is 19.9. The van der Waals surface area contributed by atoms with E-state index in [2.05, 4.69) is 15.0 Å². The molecule has 2 amide bonds. The van der Waals surface area contributed by atoms with Crippen LogP contribution in [-0.2, 0) is 14.8 Å². The number of anilines is 1. The zero-order valence-corrected chi connectivity index (χ0v) is 23.0. The molecule has 200 valence electrons. The minimum absolute atomic E-state index is 0.0472. The molecule has 2 N–H and O–H groups in total. The van der Waals surface area contributed by atoms with Crippen LogP contribution in [0.15, 0.2) is 59.6 Å². The summed E-state index contributed by atoms with van der Waals surface area (Å²) in [5, 5.41) is 3.26. The first-order valence-electron chi connectivity index (χ1n) is 11.6. The molecule has 0 bridgehead atoms. The van der Waals surface area contributed by atoms with Crippen molar-refractivity contribution in [2.24, 2.45) is 0 Å². The molecule has 38 heavy (non-hydrogen) atoms. The fraction of sp³-hybridized carbons (Fsp3) is 0.240. The zero-order chi connectivity index (χ0) is 27.3. The van der Waals surface area contributed by atoms with Crippen molar-refractivity contribution in [3.05, 3.63) is 75.4 Å². The van der Waals surface area contributed by atoms with Gasteiger partial charge in [-0.05, 0) is 49.2 Å². The van der Waals surface area contributed by atoms with Crippen LogP contribution in [0.5, 0.6) is 11.6 Å². The lowest BCUT2D eigenvalue weighted by molar-refractivity contribution is -0.127. The quantitative estimate of drug-likeness (QED) is 0.303. The maximum absolute atomic E-state index is 13.0. The number of nitrogens with zero attached hydrogens (tertiary/aromatic N) is 2. The molecule has 4 rings (SSSR count). The fourth-order valence-electron chi connectivity index (χ4n) is 3.78. The molecule has 0 unspecified atom stereocenters. The summed E-state index contributed by atoms with van der Waals surface area (Å²) >= 11 is 18.0. The average Bonchev–Trinajstić information content (AvgIpc) is 3.29. The number of likely N-dealkylation sites (tertiary alicyclic amines) is 1. The second-order valence-corrected chi connectivity index (χ2v) is 11.3. The SMILES string of the molecule is O=C(NCCCN1CCCC1=O)c1ccccc1Oc1ncc(Cl)cc1NS(=O)(=O)c1ccc(Cl)c(Cl)c1. The molecular weight excluding hydrogens is 575 g/mol. The Bertz CT molecular complexity index is 1470. The smallest absolute Gasteiger partial charge is 0.262 e. The number of hydrogen-bond acceptors (Lipinski definition) is 6. The van der Waals surface area contributed by atoms with Gasteiger partial charge in [-0.15, -0.1) is 0 Å². The normalized spacial score (nSPS) is 13.4. The molecule has 1 fully saturated rings. The molecule has 0 saturated carbocycles. The second kappa shape index (κ2) is 12.2. The van der Waals surface area contributed by atoms with Gasteiger partial charge in [0.1, 0.15) is 11.4 Å². The van der Waals surface area contributed by atoms with Crippen LogP contribution in [0.2, 0.25) is 15.1 Å². The van der Waals surface area contributed by atoms with Crippen LogP contribution >= 0.6 is 34.8 Å². The molecule has 2 aromatic carbocycles. The summed E-state index contributed by atoms with van der Waals surface area (Å²) in [6, 6.07) is 11.7. The first-order chi connectivity index (χ1) is 18.1. The number of benzene rings is 2. The van der Waals surface area contributed by atoms with Gasteiger partial charge in [0.15, 0.2) is 0 Å². The third-order valence-corrected chi connectivity index (χ3v) is 7.97. The molecule has 1 saturated heterocycles. The Morgan fingerprint density at radius 2 is 1.87 bits per heavy atom. The molecule has 13 heteroatoms. The molecule has 0 radical (unpaired) electrons. The van der Waals surface area contributed by atoms with Crippen molar-refractivity contribution in [1.82, 2.24) is 15.2 Å². The molecule has 0 aliphatic carbocycles. The maximum atomic E-state index is 13.0. The Morgan fingerprint density at radius 3 is 2.61 bits per heavy atom. The summed E-state index contributed by atoms with van der Waals surface area (Å²) in [4.78, 5) is 30.4. The van der Waals surface area contributed by atoms with E-state index >= 15 is 0 Å². The summed E-state index contributed by atoms with van der Waals surface area (Å²) in [5.74, 6) is -0.216. The fourth-order valence-corrected chi connectivity index (χ4v) is 5.38. The van der Waals surface area contributed by atoms with Crippen LogP contribution in [-0.4, -0.2) is 49.8 Å². The van der Waals surface area contributed by atoms with Crippen molar-refractivity contribution in [3.8, 4) is 11.6 Å². The molecule has 3 aromatic rings. The average molecular weight is 598 g/mol. The van der Waals surface area contributed by atoms with E-state index in [-0.39, 0.29) is 54.7 Å². The summed E-state index contributed by atoms with van der Waals surface area (Å²) in [7, 11) is -4.12. The molecule has 0 atom stereocenters. The summed E-state index contributed by atoms with van der Waals surface area (Å²) in [6.07, 6.45) is 3.33. The molecule has 2 heterocycles. The number of hydrogen-bond donors (Lipinski definition) is 2. The van der Waals surface area contributed by atoms with Crippen molar-refractivity contribution in [2.45, 2.75) is 24.2 Å². The Kier molecular flexibility index (Phi) is 8.99. The van der Waals surface area contributed by atoms with Gasteiger partial charge in [-0.2, -0.15) is 0 Å². The Balaban J connectivity index is 1.49. The minimum Gasteiger partial charge on any atom is -0.436 e. The highest BCUT2D eigenvalue weighted by molar-refractivity contribution is 7.92. The number of carbonyl (C=O) groups is 2. The van der Waals surface area contributed by atoms with Crippen molar-refractivity contribution in [1.29, 1.82) is 0 Å². The lowest BCUT2D eigenvalue weighted by Crippen LogP contribution is -2.30. The lowest BCUT2D eigenvalue weighted by atomic mass is 10.2. The first kappa shape index (κ1) is 28.0. The Morgan fingerprint density at radius 1 is 1.08 bits per heavy atom. The van der Waals surface area contributed by atoms with Crippen LogP contribution in [0.3, 0.4) is 0 Å². The standard InChI is InChI=1S/C25H23Cl3N4O5S/c26-16-13-21(31-38(35,36)17-8-9-19(27)20(28)14-17)25(30-15-16)37-22-6-2-1-5-18(22)24(34)29-10-4-12-32-11-3-7-23(32)33/h1-2,5-6,8-9,13-15,31H,3-4,7,10-12H2,(H,29,34). The number of amides is 2. The highest BCUT2D eigenvalue weighted by atomic mass is 35.5. The van der Waals surface area contributed by atoms with E-state index in [0.717, 1.165) is 13.0 Å². The topological polar surface area (TPSA) is 118 Å². The predicted molar refractivity (Wildman–Crippen MR) is 146 cm³/mol. The van der Waals surface area contributed by atoms with Crippen LogP contribution < -0.4 is 14.8 Å². The third kappa shape index (κ3) is 6.87. The summed E-state index contributed by atoms with van der Waals surface area (Å²) in [5.41, 5.74) is 0.175. The number of ether oxygens (including phenoxy) is 1. The predicted octanol–water partition coefficient (Wildman–Crippen LogP) is 5.38. The summed E-state index contributed by atoms with van der Waals surface area (Å²) < 4.78 is 34.3. The molecular formula is C25H23Cl3N4O5S. The van der Waals surface area contributed by atoms with Gasteiger partial charge in [0.2, 0.25) is 11.8 Å². The summed E-state index contributed by atoms with van der Waals surface area (Å²) in [6.45, 7) is 1.69. The van der Waals surface area contributed by atoms with Crippen LogP contribution in [0.25, 0.3) is 0 Å². The van der Waals surface area contributed by atoms with E-state index in [1.807, 2.05) is 0 Å². The first-order valence-corrected chi connectivity index (χ1v) is 14.2. The van der Waals surface area contributed by atoms with E-state index in [9.17, 15) is 18.0 Å². The van der Waals surface area contributed by atoms with Crippen LogP contribution in [0, 0.1) is 0 Å². The van der Waals surface area contributed by atoms with Crippen molar-refractivity contribution in [2.75, 3.05) is 24.4 Å². The highest BCUT2D eigenvalue weighted by Gasteiger charge is 2.22.